The van der Waals surface area contributed by atoms with Gasteiger partial charge in [0.15, 0.2) is 12.4 Å². The van der Waals surface area contributed by atoms with Gasteiger partial charge in [0.05, 0.1) is 0 Å². The van der Waals surface area contributed by atoms with Gasteiger partial charge in [0.2, 0.25) is 0 Å². The molecule has 6 heteroatoms. The van der Waals surface area contributed by atoms with E-state index in [2.05, 4.69) is 11.8 Å². The molecule has 0 radical (unpaired) electrons. The third-order valence-electron chi connectivity index (χ3n) is 5.67. The third kappa shape index (κ3) is 5.25. The number of ether oxygens (including phenoxy) is 1. The molecule has 1 aliphatic rings. The third-order valence-corrected chi connectivity index (χ3v) is 5.67. The van der Waals surface area contributed by atoms with Gasteiger partial charge in [0, 0.05) is 37.3 Å². The van der Waals surface area contributed by atoms with Gasteiger partial charge in [-0.15, -0.1) is 0 Å². The Labute approximate surface area is 177 Å². The van der Waals surface area contributed by atoms with Crippen molar-refractivity contribution in [1.29, 1.82) is 0 Å². The maximum Gasteiger partial charge on any atom is 0.260 e. The quantitative estimate of drug-likeness (QED) is 0.677. The molecule has 2 aromatic carbocycles. The number of Topliss-reactive ketones (excluding diaryl/α,β-unsaturated/α-hetero) is 1. The van der Waals surface area contributed by atoms with Gasteiger partial charge >= 0.3 is 0 Å². The molecular weight excluding hydrogens is 383 g/mol. The molecule has 0 spiro atoms. The van der Waals surface area contributed by atoms with Crippen LogP contribution in [0.25, 0.3) is 0 Å². The second-order valence-corrected chi connectivity index (χ2v) is 8.12. The molecule has 0 bridgehead atoms. The van der Waals surface area contributed by atoms with E-state index in [1.807, 2.05) is 18.7 Å². The van der Waals surface area contributed by atoms with Crippen LogP contribution in [-0.2, 0) is 11.3 Å². The number of piperazine rings is 1. The Hall–Kier alpha value is -2.73. The van der Waals surface area contributed by atoms with Crippen LogP contribution in [0.1, 0.15) is 42.3 Å². The fourth-order valence-electron chi connectivity index (χ4n) is 3.94. The van der Waals surface area contributed by atoms with Crippen LogP contribution < -0.4 is 4.74 Å². The summed E-state index contributed by atoms with van der Waals surface area (Å²) in [6.07, 6.45) is 0. The molecular formula is C24H29FN2O3. The van der Waals surface area contributed by atoms with Gasteiger partial charge in [0.25, 0.3) is 5.91 Å². The minimum atomic E-state index is -0.235. The van der Waals surface area contributed by atoms with Crippen LogP contribution in [0.5, 0.6) is 5.75 Å². The number of rotatable bonds is 6. The van der Waals surface area contributed by atoms with Crippen LogP contribution in [0.15, 0.2) is 42.5 Å². The minimum Gasteiger partial charge on any atom is -0.484 e. The summed E-state index contributed by atoms with van der Waals surface area (Å²) < 4.78 is 18.8. The lowest BCUT2D eigenvalue weighted by molar-refractivity contribution is -0.139. The molecule has 1 saturated heterocycles. The van der Waals surface area contributed by atoms with Crippen molar-refractivity contribution in [3.05, 3.63) is 65.0 Å². The summed E-state index contributed by atoms with van der Waals surface area (Å²) in [7, 11) is 0. The van der Waals surface area contributed by atoms with Crippen molar-refractivity contribution in [2.75, 3.05) is 19.7 Å². The van der Waals surface area contributed by atoms with Crippen molar-refractivity contribution in [3.63, 3.8) is 0 Å². The number of aryl methyl sites for hydroxylation is 1. The predicted molar refractivity (Wildman–Crippen MR) is 114 cm³/mol. The van der Waals surface area contributed by atoms with E-state index in [1.54, 1.807) is 30.3 Å². The fourth-order valence-corrected chi connectivity index (χ4v) is 3.94. The molecule has 1 aliphatic heterocycles. The molecule has 160 valence electrons. The normalized spacial score (nSPS) is 19.6. The molecule has 0 saturated carbocycles. The van der Waals surface area contributed by atoms with Crippen molar-refractivity contribution in [2.45, 2.75) is 46.3 Å². The maximum atomic E-state index is 13.1. The van der Waals surface area contributed by atoms with E-state index >= 15 is 0 Å². The first kappa shape index (κ1) is 22.0. The van der Waals surface area contributed by atoms with Gasteiger partial charge < -0.3 is 9.64 Å². The maximum absolute atomic E-state index is 13.1. The zero-order valence-electron chi connectivity index (χ0n) is 18.0. The largest absolute Gasteiger partial charge is 0.484 e. The average molecular weight is 413 g/mol. The lowest BCUT2D eigenvalue weighted by atomic mass is 10.1. The Kier molecular flexibility index (Phi) is 6.87. The number of benzene rings is 2. The highest BCUT2D eigenvalue weighted by Gasteiger charge is 2.32. The molecule has 5 nitrogen and oxygen atoms in total. The molecule has 0 aliphatic carbocycles. The number of halogens is 1. The van der Waals surface area contributed by atoms with Crippen LogP contribution in [0.4, 0.5) is 4.39 Å². The summed E-state index contributed by atoms with van der Waals surface area (Å²) >= 11 is 0. The molecule has 30 heavy (non-hydrogen) atoms. The first-order valence-electron chi connectivity index (χ1n) is 10.3. The highest BCUT2D eigenvalue weighted by molar-refractivity contribution is 5.95. The van der Waals surface area contributed by atoms with Crippen LogP contribution in [0, 0.1) is 12.7 Å². The SMILES string of the molecule is CC(=O)c1ccc(OCC(=O)N2C[C@H](C)N(Cc3ccc(F)cc3)C[C@H]2C)cc1C. The second-order valence-electron chi connectivity index (χ2n) is 8.12. The van der Waals surface area contributed by atoms with Crippen molar-refractivity contribution < 1.29 is 18.7 Å². The molecule has 1 heterocycles. The van der Waals surface area contributed by atoms with Gasteiger partial charge in [-0.2, -0.15) is 0 Å². The molecule has 2 aromatic rings. The first-order valence-corrected chi connectivity index (χ1v) is 10.3. The van der Waals surface area contributed by atoms with Crippen LogP contribution in [0.3, 0.4) is 0 Å². The van der Waals surface area contributed by atoms with E-state index in [0.29, 0.717) is 17.9 Å². The van der Waals surface area contributed by atoms with E-state index in [9.17, 15) is 14.0 Å². The topological polar surface area (TPSA) is 49.9 Å². The summed E-state index contributed by atoms with van der Waals surface area (Å²) in [5, 5.41) is 0. The van der Waals surface area contributed by atoms with Crippen LogP contribution >= 0.6 is 0 Å². The van der Waals surface area contributed by atoms with Crippen molar-refractivity contribution in [3.8, 4) is 5.75 Å². The summed E-state index contributed by atoms with van der Waals surface area (Å²) in [6, 6.07) is 12.1. The number of nitrogens with zero attached hydrogens (tertiary/aromatic N) is 2. The summed E-state index contributed by atoms with van der Waals surface area (Å²) in [4.78, 5) is 28.5. The lowest BCUT2D eigenvalue weighted by Gasteiger charge is -2.44. The molecule has 3 rings (SSSR count). The Balaban J connectivity index is 1.56. The van der Waals surface area contributed by atoms with Crippen molar-refractivity contribution in [1.82, 2.24) is 9.80 Å². The molecule has 0 unspecified atom stereocenters. The van der Waals surface area contributed by atoms with E-state index in [0.717, 1.165) is 24.2 Å². The summed E-state index contributed by atoms with van der Waals surface area (Å²) in [6.45, 7) is 9.58. The number of hydrogen-bond acceptors (Lipinski definition) is 4. The standard InChI is InChI=1S/C24H29FN2O3/c1-16-11-22(9-10-23(16)19(4)28)30-15-24(29)27-13-17(2)26(12-18(27)3)14-20-5-7-21(25)8-6-20/h5-11,17-18H,12-15H2,1-4H3/t17-,18+/m0/s1. The van der Waals surface area contributed by atoms with E-state index in [1.165, 1.54) is 19.1 Å². The Morgan fingerprint density at radius 1 is 1.07 bits per heavy atom. The zero-order valence-corrected chi connectivity index (χ0v) is 18.0. The molecule has 1 amide bonds. The van der Waals surface area contributed by atoms with Crippen molar-refractivity contribution in [2.24, 2.45) is 0 Å². The smallest absolute Gasteiger partial charge is 0.260 e. The summed E-state index contributed by atoms with van der Waals surface area (Å²) in [5.41, 5.74) is 2.56. The van der Waals surface area contributed by atoms with E-state index < -0.39 is 0 Å². The van der Waals surface area contributed by atoms with Gasteiger partial charge in [-0.05, 0) is 69.2 Å². The van der Waals surface area contributed by atoms with Crippen LogP contribution in [-0.4, -0.2) is 53.3 Å². The number of ketones is 1. The monoisotopic (exact) mass is 412 g/mol. The Morgan fingerprint density at radius 3 is 2.40 bits per heavy atom. The lowest BCUT2D eigenvalue weighted by Crippen LogP contribution is -2.58. The Morgan fingerprint density at radius 2 is 1.77 bits per heavy atom. The van der Waals surface area contributed by atoms with E-state index in [-0.39, 0.29) is 36.2 Å². The number of carbonyl (C=O) groups excluding carboxylic acids is 2. The molecule has 0 aromatic heterocycles. The van der Waals surface area contributed by atoms with Gasteiger partial charge in [0.1, 0.15) is 11.6 Å². The Bertz CT molecular complexity index is 913. The van der Waals surface area contributed by atoms with Crippen molar-refractivity contribution >= 4 is 11.7 Å². The second kappa shape index (κ2) is 9.39. The molecule has 0 N–H and O–H groups in total. The van der Waals surface area contributed by atoms with Gasteiger partial charge in [-0.25, -0.2) is 4.39 Å². The van der Waals surface area contributed by atoms with Gasteiger partial charge in [-0.3, -0.25) is 14.5 Å². The first-order chi connectivity index (χ1) is 14.2. The molecule has 2 atom stereocenters. The highest BCUT2D eigenvalue weighted by atomic mass is 19.1. The number of hydrogen-bond donors (Lipinski definition) is 0. The number of carbonyl (C=O) groups is 2. The molecule has 1 fully saturated rings. The number of amides is 1. The zero-order chi connectivity index (χ0) is 21.8. The van der Waals surface area contributed by atoms with Crippen LogP contribution in [0.2, 0.25) is 0 Å². The highest BCUT2D eigenvalue weighted by Crippen LogP contribution is 2.20. The summed E-state index contributed by atoms with van der Waals surface area (Å²) in [5.74, 6) is 0.309. The average Bonchev–Trinajstić information content (AvgIpc) is 2.70. The van der Waals surface area contributed by atoms with Gasteiger partial charge in [-0.1, -0.05) is 12.1 Å². The van der Waals surface area contributed by atoms with E-state index in [4.69, 9.17) is 4.74 Å². The minimum absolute atomic E-state index is 0.0106. The predicted octanol–water partition coefficient (Wildman–Crippen LogP) is 3.84. The fraction of sp³-hybridized carbons (Fsp3) is 0.417.